The molecule has 2 aromatic rings. The third kappa shape index (κ3) is 3.06. The number of anilines is 1. The van der Waals surface area contributed by atoms with Crippen molar-refractivity contribution in [2.45, 2.75) is 27.7 Å². The van der Waals surface area contributed by atoms with Gasteiger partial charge in [0.15, 0.2) is 0 Å². The molecule has 0 saturated heterocycles. The molecule has 2 rings (SSSR count). The fraction of sp³-hybridized carbons (Fsp3) is 0.471. The molecule has 0 aliphatic carbocycles. The minimum Gasteiger partial charge on any atom is -0.371 e. The van der Waals surface area contributed by atoms with Gasteiger partial charge >= 0.3 is 0 Å². The predicted octanol–water partition coefficient (Wildman–Crippen LogP) is 2.25. The molecule has 0 aliphatic heterocycles. The lowest BCUT2D eigenvalue weighted by Crippen LogP contribution is -2.37. The molecule has 0 aromatic carbocycles. The van der Waals surface area contributed by atoms with Crippen molar-refractivity contribution in [3.63, 3.8) is 0 Å². The molecule has 1 N–H and O–H groups in total. The van der Waals surface area contributed by atoms with Gasteiger partial charge in [0.2, 0.25) is 0 Å². The number of fused-ring (bicyclic) bond motifs is 1. The molecule has 0 fully saturated rings. The Hall–Kier alpha value is -2.37. The van der Waals surface area contributed by atoms with Gasteiger partial charge in [0.1, 0.15) is 11.2 Å². The van der Waals surface area contributed by atoms with E-state index >= 15 is 0 Å². The molecule has 6 nitrogen and oxygen atoms in total. The van der Waals surface area contributed by atoms with E-state index in [9.17, 15) is 9.59 Å². The highest BCUT2D eigenvalue weighted by molar-refractivity contribution is 6.06. The molecule has 0 unspecified atom stereocenters. The van der Waals surface area contributed by atoms with Crippen LogP contribution in [0, 0.1) is 0 Å². The normalized spacial score (nSPS) is 10.8. The zero-order valence-corrected chi connectivity index (χ0v) is 14.2. The zero-order valence-electron chi connectivity index (χ0n) is 14.2. The first-order chi connectivity index (χ1) is 11.1. The molecule has 124 valence electrons. The Balaban J connectivity index is 2.81. The van der Waals surface area contributed by atoms with Gasteiger partial charge in [-0.05, 0) is 39.8 Å². The highest BCUT2D eigenvalue weighted by Gasteiger charge is 2.25. The van der Waals surface area contributed by atoms with Crippen LogP contribution >= 0.6 is 0 Å². The van der Waals surface area contributed by atoms with Crippen LogP contribution in [-0.4, -0.2) is 47.0 Å². The van der Waals surface area contributed by atoms with Crippen molar-refractivity contribution in [2.24, 2.45) is 0 Å². The Bertz CT molecular complexity index is 746. The molecule has 0 radical (unpaired) electrons. The van der Waals surface area contributed by atoms with Crippen molar-refractivity contribution < 1.29 is 4.79 Å². The first-order valence-corrected chi connectivity index (χ1v) is 8.14. The minimum absolute atomic E-state index is 0.206. The van der Waals surface area contributed by atoms with Gasteiger partial charge in [-0.25, -0.2) is 4.98 Å². The summed E-state index contributed by atoms with van der Waals surface area (Å²) >= 11 is 0. The van der Waals surface area contributed by atoms with Gasteiger partial charge in [-0.15, -0.1) is 0 Å². The van der Waals surface area contributed by atoms with Gasteiger partial charge in [0.25, 0.3) is 11.5 Å². The SMILES string of the molecule is CCN(CC)C(=O)c1c(N(CC)CC)c2cccnc2[nH]c1=O. The first kappa shape index (κ1) is 17.0. The molecular formula is C17H24N4O2. The van der Waals surface area contributed by atoms with Crippen LogP contribution in [0.5, 0.6) is 0 Å². The maximum absolute atomic E-state index is 12.9. The van der Waals surface area contributed by atoms with Crippen LogP contribution in [0.4, 0.5) is 5.69 Å². The monoisotopic (exact) mass is 316 g/mol. The lowest BCUT2D eigenvalue weighted by atomic mass is 10.1. The number of H-pyrrole nitrogens is 1. The number of hydrogen-bond acceptors (Lipinski definition) is 4. The summed E-state index contributed by atoms with van der Waals surface area (Å²) in [7, 11) is 0. The summed E-state index contributed by atoms with van der Waals surface area (Å²) in [5, 5.41) is 0.798. The Labute approximate surface area is 136 Å². The number of pyridine rings is 2. The Morgan fingerprint density at radius 1 is 1.13 bits per heavy atom. The van der Waals surface area contributed by atoms with Crippen LogP contribution in [-0.2, 0) is 0 Å². The van der Waals surface area contributed by atoms with Crippen LogP contribution in [0.15, 0.2) is 23.1 Å². The number of nitrogens with one attached hydrogen (secondary N) is 1. The molecule has 1 amide bonds. The molecule has 0 spiro atoms. The number of nitrogens with zero attached hydrogens (tertiary/aromatic N) is 3. The molecular weight excluding hydrogens is 292 g/mol. The average molecular weight is 316 g/mol. The van der Waals surface area contributed by atoms with E-state index in [2.05, 4.69) is 9.97 Å². The van der Waals surface area contributed by atoms with Gasteiger partial charge < -0.3 is 14.8 Å². The van der Waals surface area contributed by atoms with Crippen molar-refractivity contribution in [2.75, 3.05) is 31.1 Å². The van der Waals surface area contributed by atoms with Crippen LogP contribution in [0.25, 0.3) is 11.0 Å². The van der Waals surface area contributed by atoms with Gasteiger partial charge in [-0.2, -0.15) is 0 Å². The lowest BCUT2D eigenvalue weighted by Gasteiger charge is -2.27. The number of carbonyl (C=O) groups excluding carboxylic acids is 1. The standard InChI is InChI=1S/C17H24N4O2/c1-5-20(6-2)14-12-10-9-11-18-15(12)19-16(22)13(14)17(23)21(7-3)8-4/h9-11H,5-8H2,1-4H3,(H,18,19,22). The summed E-state index contributed by atoms with van der Waals surface area (Å²) in [6.45, 7) is 10.4. The fourth-order valence-corrected chi connectivity index (χ4v) is 2.84. The van der Waals surface area contributed by atoms with E-state index in [0.717, 1.165) is 5.39 Å². The molecule has 0 atom stereocenters. The number of aromatic nitrogens is 2. The number of hydrogen-bond donors (Lipinski definition) is 1. The summed E-state index contributed by atoms with van der Waals surface area (Å²) in [4.78, 5) is 36.2. The van der Waals surface area contributed by atoms with Crippen molar-refractivity contribution in [3.05, 3.63) is 34.2 Å². The molecule has 0 saturated carbocycles. The number of amides is 1. The van der Waals surface area contributed by atoms with Crippen LogP contribution in [0.2, 0.25) is 0 Å². The highest BCUT2D eigenvalue weighted by atomic mass is 16.2. The van der Waals surface area contributed by atoms with Crippen molar-refractivity contribution >= 4 is 22.6 Å². The van der Waals surface area contributed by atoms with E-state index < -0.39 is 0 Å². The first-order valence-electron chi connectivity index (χ1n) is 8.14. The number of aromatic amines is 1. The summed E-state index contributed by atoms with van der Waals surface area (Å²) in [6.07, 6.45) is 1.64. The second kappa shape index (κ2) is 7.26. The Morgan fingerprint density at radius 3 is 2.35 bits per heavy atom. The van der Waals surface area contributed by atoms with Crippen molar-refractivity contribution in [1.29, 1.82) is 0 Å². The summed E-state index contributed by atoms with van der Waals surface area (Å²) in [6, 6.07) is 3.71. The summed E-state index contributed by atoms with van der Waals surface area (Å²) in [5.41, 5.74) is 1.02. The summed E-state index contributed by atoms with van der Waals surface area (Å²) < 4.78 is 0. The Kier molecular flexibility index (Phi) is 5.36. The molecule has 2 aromatic heterocycles. The van der Waals surface area contributed by atoms with E-state index in [1.807, 2.05) is 44.7 Å². The van der Waals surface area contributed by atoms with Gasteiger partial charge in [0.05, 0.1) is 5.69 Å². The van der Waals surface area contributed by atoms with Gasteiger partial charge in [-0.1, -0.05) is 0 Å². The second-order valence-electron chi connectivity index (χ2n) is 5.23. The molecule has 0 bridgehead atoms. The van der Waals surface area contributed by atoms with Gasteiger partial charge in [0, 0.05) is 37.8 Å². The van der Waals surface area contributed by atoms with Crippen LogP contribution in [0.3, 0.4) is 0 Å². The average Bonchev–Trinajstić information content (AvgIpc) is 2.56. The molecule has 6 heteroatoms. The minimum atomic E-state index is -0.380. The van der Waals surface area contributed by atoms with Crippen molar-refractivity contribution in [1.82, 2.24) is 14.9 Å². The highest BCUT2D eigenvalue weighted by Crippen LogP contribution is 2.27. The van der Waals surface area contributed by atoms with Crippen LogP contribution in [0.1, 0.15) is 38.1 Å². The third-order valence-corrected chi connectivity index (χ3v) is 4.10. The maximum Gasteiger partial charge on any atom is 0.264 e. The van der Waals surface area contributed by atoms with Crippen molar-refractivity contribution in [3.8, 4) is 0 Å². The Morgan fingerprint density at radius 2 is 1.78 bits per heavy atom. The fourth-order valence-electron chi connectivity index (χ4n) is 2.84. The quantitative estimate of drug-likeness (QED) is 0.887. The third-order valence-electron chi connectivity index (χ3n) is 4.10. The van der Waals surface area contributed by atoms with Crippen LogP contribution < -0.4 is 10.5 Å². The lowest BCUT2D eigenvalue weighted by molar-refractivity contribution is 0.0772. The van der Waals surface area contributed by atoms with E-state index in [1.165, 1.54) is 0 Å². The topological polar surface area (TPSA) is 69.3 Å². The second-order valence-corrected chi connectivity index (χ2v) is 5.23. The zero-order chi connectivity index (χ0) is 17.0. The maximum atomic E-state index is 12.9. The van der Waals surface area contributed by atoms with E-state index in [1.54, 1.807) is 11.1 Å². The largest absolute Gasteiger partial charge is 0.371 e. The molecule has 0 aliphatic rings. The van der Waals surface area contributed by atoms with Gasteiger partial charge in [-0.3, -0.25) is 9.59 Å². The smallest absolute Gasteiger partial charge is 0.264 e. The predicted molar refractivity (Wildman–Crippen MR) is 93.2 cm³/mol. The molecule has 23 heavy (non-hydrogen) atoms. The summed E-state index contributed by atoms with van der Waals surface area (Å²) in [5.74, 6) is -0.232. The van der Waals surface area contributed by atoms with E-state index in [0.29, 0.717) is 37.5 Å². The number of rotatable bonds is 6. The van der Waals surface area contributed by atoms with E-state index in [4.69, 9.17) is 0 Å². The molecule has 2 heterocycles. The van der Waals surface area contributed by atoms with E-state index in [-0.39, 0.29) is 17.0 Å². The number of carbonyl (C=O) groups is 1.